The third kappa shape index (κ3) is 2.86. The van der Waals surface area contributed by atoms with E-state index in [1.807, 2.05) is 0 Å². The fraction of sp³-hybridized carbons (Fsp3) is 0.333. The van der Waals surface area contributed by atoms with Gasteiger partial charge in [-0.05, 0) is 37.6 Å². The minimum atomic E-state index is -0.160. The van der Waals surface area contributed by atoms with Crippen LogP contribution in [-0.4, -0.2) is 25.3 Å². The van der Waals surface area contributed by atoms with Gasteiger partial charge in [-0.2, -0.15) is 0 Å². The van der Waals surface area contributed by atoms with Crippen molar-refractivity contribution in [1.82, 2.24) is 10.6 Å². The van der Waals surface area contributed by atoms with Crippen molar-refractivity contribution in [2.45, 2.75) is 30.2 Å². The van der Waals surface area contributed by atoms with E-state index >= 15 is 0 Å². The van der Waals surface area contributed by atoms with Gasteiger partial charge >= 0.3 is 0 Å². The fourth-order valence-electron chi connectivity index (χ4n) is 3.44. The number of amides is 1. The number of carbonyl (C=O) groups is 1. The van der Waals surface area contributed by atoms with E-state index in [4.69, 9.17) is 5.41 Å². The zero-order valence-corrected chi connectivity index (χ0v) is 15.8. The first-order valence-corrected chi connectivity index (χ1v) is 9.96. The summed E-state index contributed by atoms with van der Waals surface area (Å²) < 4.78 is 0. The van der Waals surface area contributed by atoms with E-state index in [9.17, 15) is 4.79 Å². The zero-order valence-electron chi connectivity index (χ0n) is 14.2. The molecule has 25 heavy (non-hydrogen) atoms. The number of hydrogen-bond acceptors (Lipinski definition) is 6. The Morgan fingerprint density at radius 1 is 1.40 bits per heavy atom. The normalized spacial score (nSPS) is 18.6. The predicted octanol–water partition coefficient (Wildman–Crippen LogP) is 3.36. The average molecular weight is 373 g/mol. The van der Waals surface area contributed by atoms with Gasteiger partial charge in [-0.15, -0.1) is 11.3 Å². The van der Waals surface area contributed by atoms with Gasteiger partial charge in [0.2, 0.25) is 0 Å². The van der Waals surface area contributed by atoms with Gasteiger partial charge in [0.05, 0.1) is 16.4 Å². The van der Waals surface area contributed by atoms with Crippen LogP contribution in [0.25, 0.3) is 0 Å². The van der Waals surface area contributed by atoms with Crippen molar-refractivity contribution >= 4 is 40.5 Å². The molecule has 5 nitrogen and oxygen atoms in total. The maximum Gasteiger partial charge on any atom is 0.267 e. The van der Waals surface area contributed by atoms with Crippen LogP contribution in [0.2, 0.25) is 0 Å². The number of nitrogens with one attached hydrogen (secondary N) is 3. The number of fused-ring (bicyclic) bond motifs is 2. The van der Waals surface area contributed by atoms with Crippen LogP contribution in [0.15, 0.2) is 29.2 Å². The second-order valence-corrected chi connectivity index (χ2v) is 8.53. The van der Waals surface area contributed by atoms with Gasteiger partial charge in [0.1, 0.15) is 5.37 Å². The summed E-state index contributed by atoms with van der Waals surface area (Å²) in [5, 5.41) is 13.8. The molecule has 0 bridgehead atoms. The molecule has 2 aromatic rings. The number of anilines is 1. The molecule has 2 aliphatic heterocycles. The Hall–Kier alpha value is -1.83. The maximum absolute atomic E-state index is 12.7. The summed E-state index contributed by atoms with van der Waals surface area (Å²) in [6.45, 7) is 3.35. The van der Waals surface area contributed by atoms with Crippen molar-refractivity contribution in [2.75, 3.05) is 18.5 Å². The summed E-state index contributed by atoms with van der Waals surface area (Å²) in [6.07, 6.45) is 0.944. The molecule has 0 radical (unpaired) electrons. The van der Waals surface area contributed by atoms with Crippen molar-refractivity contribution in [2.24, 2.45) is 0 Å². The SMILES string of the molecule is CC(=N)NC(=O)c1sc2c(c1C1Sc3ccccc3N1C)CCNC2. The van der Waals surface area contributed by atoms with E-state index in [2.05, 4.69) is 46.8 Å². The number of rotatable bonds is 2. The summed E-state index contributed by atoms with van der Waals surface area (Å²) in [4.78, 5) is 18.2. The highest BCUT2D eigenvalue weighted by molar-refractivity contribution is 8.00. The number of thioether (sulfide) groups is 1. The molecule has 3 heterocycles. The molecule has 1 aromatic heterocycles. The lowest BCUT2D eigenvalue weighted by atomic mass is 10.0. The zero-order chi connectivity index (χ0) is 17.6. The van der Waals surface area contributed by atoms with E-state index in [0.29, 0.717) is 0 Å². The Balaban J connectivity index is 1.80. The summed E-state index contributed by atoms with van der Waals surface area (Å²) in [5.41, 5.74) is 3.65. The molecule has 3 N–H and O–H groups in total. The van der Waals surface area contributed by atoms with Crippen LogP contribution in [0.1, 0.15) is 38.0 Å². The van der Waals surface area contributed by atoms with Gasteiger partial charge in [0.15, 0.2) is 0 Å². The lowest BCUT2D eigenvalue weighted by Gasteiger charge is -2.24. The van der Waals surface area contributed by atoms with Crippen LogP contribution in [0.5, 0.6) is 0 Å². The highest BCUT2D eigenvalue weighted by atomic mass is 32.2. The molecule has 0 fully saturated rings. The lowest BCUT2D eigenvalue weighted by Crippen LogP contribution is -2.29. The van der Waals surface area contributed by atoms with Crippen LogP contribution in [0.3, 0.4) is 0 Å². The number of amidine groups is 1. The Morgan fingerprint density at radius 3 is 2.96 bits per heavy atom. The van der Waals surface area contributed by atoms with E-state index in [-0.39, 0.29) is 17.1 Å². The molecule has 1 unspecified atom stereocenters. The molecular weight excluding hydrogens is 352 g/mol. The van der Waals surface area contributed by atoms with E-state index in [0.717, 1.165) is 30.0 Å². The molecule has 1 aromatic carbocycles. The van der Waals surface area contributed by atoms with Gasteiger partial charge in [0.25, 0.3) is 5.91 Å². The van der Waals surface area contributed by atoms with Gasteiger partial charge in [-0.25, -0.2) is 0 Å². The molecule has 2 aliphatic rings. The largest absolute Gasteiger partial charge is 0.357 e. The van der Waals surface area contributed by atoms with Crippen molar-refractivity contribution in [1.29, 1.82) is 5.41 Å². The standard InChI is InChI=1S/C18H20N4OS2/c1-10(19)21-17(23)16-15(11-7-8-20-9-14(11)24-16)18-22(2)12-5-3-4-6-13(12)25-18/h3-6,18,20H,7-9H2,1-2H3,(H2,19,21,23). The monoisotopic (exact) mass is 372 g/mol. The molecule has 0 saturated carbocycles. The smallest absolute Gasteiger partial charge is 0.267 e. The number of benzene rings is 1. The van der Waals surface area contributed by atoms with Crippen molar-refractivity contribution in [3.8, 4) is 0 Å². The third-order valence-electron chi connectivity index (χ3n) is 4.56. The Labute approximate surface area is 155 Å². The maximum atomic E-state index is 12.7. The molecule has 0 spiro atoms. The molecule has 0 aliphatic carbocycles. The minimum Gasteiger partial charge on any atom is -0.357 e. The number of hydrogen-bond donors (Lipinski definition) is 3. The van der Waals surface area contributed by atoms with Crippen molar-refractivity contribution in [3.63, 3.8) is 0 Å². The second kappa shape index (κ2) is 6.48. The number of carbonyl (C=O) groups excluding carboxylic acids is 1. The molecule has 1 amide bonds. The van der Waals surface area contributed by atoms with Crippen molar-refractivity contribution < 1.29 is 4.79 Å². The molecule has 4 rings (SSSR count). The van der Waals surface area contributed by atoms with Gasteiger partial charge in [0, 0.05) is 28.9 Å². The summed E-state index contributed by atoms with van der Waals surface area (Å²) in [7, 11) is 2.10. The Bertz CT molecular complexity index is 861. The quantitative estimate of drug-likeness (QED) is 0.559. The first-order valence-electron chi connectivity index (χ1n) is 8.26. The van der Waals surface area contributed by atoms with Crippen LogP contribution in [0.4, 0.5) is 5.69 Å². The number of para-hydroxylation sites is 1. The highest BCUT2D eigenvalue weighted by Gasteiger charge is 2.36. The third-order valence-corrected chi connectivity index (χ3v) is 7.18. The molecule has 7 heteroatoms. The van der Waals surface area contributed by atoms with Gasteiger partial charge in [-0.1, -0.05) is 23.9 Å². The summed E-state index contributed by atoms with van der Waals surface area (Å²) in [6, 6.07) is 8.38. The van der Waals surface area contributed by atoms with Crippen molar-refractivity contribution in [3.05, 3.63) is 45.1 Å². The summed E-state index contributed by atoms with van der Waals surface area (Å²) in [5.74, 6) is 0.0167. The molecule has 1 atom stereocenters. The van der Waals surface area contributed by atoms with E-state index < -0.39 is 0 Å². The highest BCUT2D eigenvalue weighted by Crippen LogP contribution is 2.53. The van der Waals surface area contributed by atoms with Crippen LogP contribution < -0.4 is 15.5 Å². The minimum absolute atomic E-state index is 0.0993. The first kappa shape index (κ1) is 16.6. The van der Waals surface area contributed by atoms with Gasteiger partial charge in [-0.3, -0.25) is 10.2 Å². The average Bonchev–Trinajstić information content (AvgIpc) is 3.13. The van der Waals surface area contributed by atoms with Crippen LogP contribution >= 0.6 is 23.1 Å². The molecule has 130 valence electrons. The van der Waals surface area contributed by atoms with E-state index in [1.165, 1.54) is 21.0 Å². The topological polar surface area (TPSA) is 68.2 Å². The summed E-state index contributed by atoms with van der Waals surface area (Å²) >= 11 is 3.37. The molecule has 0 saturated heterocycles. The number of nitrogens with zero attached hydrogens (tertiary/aromatic N) is 1. The fourth-order valence-corrected chi connectivity index (χ4v) is 6.14. The van der Waals surface area contributed by atoms with E-state index in [1.54, 1.807) is 30.0 Å². The lowest BCUT2D eigenvalue weighted by molar-refractivity contribution is 0.0979. The predicted molar refractivity (Wildman–Crippen MR) is 104 cm³/mol. The first-order chi connectivity index (χ1) is 12.1. The van der Waals surface area contributed by atoms with Crippen LogP contribution in [-0.2, 0) is 13.0 Å². The molecular formula is C18H20N4OS2. The Kier molecular flexibility index (Phi) is 4.31. The van der Waals surface area contributed by atoms with Crippen LogP contribution in [0, 0.1) is 5.41 Å². The second-order valence-electron chi connectivity index (χ2n) is 6.30. The Morgan fingerprint density at radius 2 is 2.20 bits per heavy atom. The van der Waals surface area contributed by atoms with Gasteiger partial charge < -0.3 is 15.5 Å². The number of thiophene rings is 1.